The van der Waals surface area contributed by atoms with Crippen molar-refractivity contribution in [3.8, 4) is 5.88 Å². The molecule has 8 nitrogen and oxygen atoms in total. The lowest BCUT2D eigenvalue weighted by atomic mass is 10.3. The van der Waals surface area contributed by atoms with Crippen LogP contribution >= 0.6 is 0 Å². The molecule has 4 N–H and O–H groups in total. The van der Waals surface area contributed by atoms with E-state index in [4.69, 9.17) is 15.2 Å². The molecule has 2 amide bonds. The van der Waals surface area contributed by atoms with Crippen molar-refractivity contribution in [2.24, 2.45) is 5.73 Å². The van der Waals surface area contributed by atoms with Crippen molar-refractivity contribution in [1.82, 2.24) is 15.2 Å². The number of rotatable bonds is 5. The van der Waals surface area contributed by atoms with E-state index in [0.29, 0.717) is 30.4 Å². The number of ether oxygens (including phenoxy) is 2. The van der Waals surface area contributed by atoms with Crippen LogP contribution in [-0.4, -0.2) is 41.5 Å². The van der Waals surface area contributed by atoms with E-state index < -0.39 is 6.03 Å². The number of nitrogens with zero attached hydrogens (tertiary/aromatic N) is 2. The standard InChI is InChI=1S/C10H13N5O3/c1-17-2-3-18-9-6-5-12-8(13-10(11)16)4-7(6)14-15-9/h4-5H,2-3H2,1H3,(H,14,15)(H3,11,12,13,16). The zero-order valence-corrected chi connectivity index (χ0v) is 9.77. The number of nitrogens with two attached hydrogens (primary N) is 1. The van der Waals surface area contributed by atoms with Gasteiger partial charge in [-0.2, -0.15) is 0 Å². The van der Waals surface area contributed by atoms with Crippen molar-refractivity contribution in [1.29, 1.82) is 0 Å². The third kappa shape index (κ3) is 2.66. The highest BCUT2D eigenvalue weighted by molar-refractivity contribution is 5.90. The molecule has 2 aromatic rings. The molecule has 0 spiro atoms. The van der Waals surface area contributed by atoms with E-state index in [1.165, 1.54) is 0 Å². The number of pyridine rings is 1. The summed E-state index contributed by atoms with van der Waals surface area (Å²) < 4.78 is 10.3. The van der Waals surface area contributed by atoms with Gasteiger partial charge in [-0.3, -0.25) is 10.4 Å². The molecular formula is C10H13N5O3. The van der Waals surface area contributed by atoms with Gasteiger partial charge >= 0.3 is 6.03 Å². The fourth-order valence-electron chi connectivity index (χ4n) is 1.42. The molecule has 0 aliphatic rings. The number of H-pyrrole nitrogens is 1. The number of carbonyl (C=O) groups excluding carboxylic acids is 1. The second-order valence-corrected chi connectivity index (χ2v) is 3.47. The lowest BCUT2D eigenvalue weighted by molar-refractivity contribution is 0.144. The number of primary amides is 1. The Morgan fingerprint density at radius 1 is 1.56 bits per heavy atom. The molecule has 0 unspecified atom stereocenters. The Morgan fingerprint density at radius 3 is 3.11 bits per heavy atom. The normalized spacial score (nSPS) is 10.5. The van der Waals surface area contributed by atoms with Crippen molar-refractivity contribution in [3.63, 3.8) is 0 Å². The Labute approximate surface area is 102 Å². The molecule has 0 aromatic carbocycles. The van der Waals surface area contributed by atoms with E-state index in [-0.39, 0.29) is 0 Å². The Morgan fingerprint density at radius 2 is 2.39 bits per heavy atom. The molecule has 0 aliphatic carbocycles. The number of methoxy groups -OCH3 is 1. The minimum Gasteiger partial charge on any atom is -0.474 e. The number of hydrogen-bond acceptors (Lipinski definition) is 5. The average molecular weight is 251 g/mol. The van der Waals surface area contributed by atoms with Gasteiger partial charge in [0.1, 0.15) is 12.4 Å². The van der Waals surface area contributed by atoms with Crippen LogP contribution in [0.4, 0.5) is 10.6 Å². The molecular weight excluding hydrogens is 238 g/mol. The molecule has 0 aliphatic heterocycles. The third-order valence-electron chi connectivity index (χ3n) is 2.19. The fourth-order valence-corrected chi connectivity index (χ4v) is 1.42. The molecule has 0 saturated heterocycles. The molecule has 2 rings (SSSR count). The van der Waals surface area contributed by atoms with Crippen LogP contribution in [-0.2, 0) is 4.74 Å². The molecule has 96 valence electrons. The number of nitrogens with one attached hydrogen (secondary N) is 2. The lowest BCUT2D eigenvalue weighted by Gasteiger charge is -2.02. The van der Waals surface area contributed by atoms with Crippen LogP contribution in [0.1, 0.15) is 0 Å². The predicted molar refractivity (Wildman–Crippen MR) is 64.5 cm³/mol. The van der Waals surface area contributed by atoms with E-state index in [9.17, 15) is 4.79 Å². The monoisotopic (exact) mass is 251 g/mol. The summed E-state index contributed by atoms with van der Waals surface area (Å²) in [5.74, 6) is 0.794. The van der Waals surface area contributed by atoms with Gasteiger partial charge in [-0.1, -0.05) is 0 Å². The Kier molecular flexibility index (Phi) is 3.58. The molecule has 0 atom stereocenters. The zero-order valence-electron chi connectivity index (χ0n) is 9.77. The second kappa shape index (κ2) is 5.32. The van der Waals surface area contributed by atoms with Gasteiger partial charge in [0.15, 0.2) is 0 Å². The molecule has 18 heavy (non-hydrogen) atoms. The average Bonchev–Trinajstić information content (AvgIpc) is 2.71. The van der Waals surface area contributed by atoms with Crippen molar-refractivity contribution in [2.75, 3.05) is 25.6 Å². The second-order valence-electron chi connectivity index (χ2n) is 3.47. The highest BCUT2D eigenvalue weighted by atomic mass is 16.5. The number of aromatic nitrogens is 3. The summed E-state index contributed by atoms with van der Waals surface area (Å²) in [7, 11) is 1.59. The minimum atomic E-state index is -0.669. The summed E-state index contributed by atoms with van der Waals surface area (Å²) in [6.45, 7) is 0.876. The molecule has 2 heterocycles. The molecule has 0 bridgehead atoms. The lowest BCUT2D eigenvalue weighted by Crippen LogP contribution is -2.19. The van der Waals surface area contributed by atoms with E-state index in [1.54, 1.807) is 19.4 Å². The van der Waals surface area contributed by atoms with Gasteiger partial charge in [0.2, 0.25) is 5.88 Å². The van der Waals surface area contributed by atoms with Gasteiger partial charge in [-0.05, 0) is 0 Å². The summed E-state index contributed by atoms with van der Waals surface area (Å²) in [4.78, 5) is 14.7. The first-order chi connectivity index (χ1) is 8.70. The summed E-state index contributed by atoms with van der Waals surface area (Å²) >= 11 is 0. The highest BCUT2D eigenvalue weighted by Gasteiger charge is 2.08. The van der Waals surface area contributed by atoms with Crippen molar-refractivity contribution in [2.45, 2.75) is 0 Å². The van der Waals surface area contributed by atoms with Crippen LogP contribution in [0.25, 0.3) is 10.9 Å². The summed E-state index contributed by atoms with van der Waals surface area (Å²) in [5, 5.41) is 9.88. The van der Waals surface area contributed by atoms with Gasteiger partial charge in [-0.25, -0.2) is 9.78 Å². The Hall–Kier alpha value is -2.35. The quantitative estimate of drug-likeness (QED) is 0.668. The SMILES string of the molecule is COCCOc1n[nH]c2cc(NC(N)=O)ncc12. The number of hydrogen-bond donors (Lipinski definition) is 3. The smallest absolute Gasteiger partial charge is 0.317 e. The van der Waals surface area contributed by atoms with Crippen molar-refractivity contribution in [3.05, 3.63) is 12.3 Å². The molecule has 0 radical (unpaired) electrons. The molecule has 0 fully saturated rings. The van der Waals surface area contributed by atoms with Crippen LogP contribution in [0.3, 0.4) is 0 Å². The van der Waals surface area contributed by atoms with Crippen LogP contribution in [0.2, 0.25) is 0 Å². The van der Waals surface area contributed by atoms with Crippen LogP contribution < -0.4 is 15.8 Å². The van der Waals surface area contributed by atoms with E-state index >= 15 is 0 Å². The minimum absolute atomic E-state index is 0.349. The third-order valence-corrected chi connectivity index (χ3v) is 2.19. The van der Waals surface area contributed by atoms with Crippen molar-refractivity contribution >= 4 is 22.8 Å². The number of anilines is 1. The van der Waals surface area contributed by atoms with Gasteiger partial charge in [-0.15, -0.1) is 5.10 Å². The predicted octanol–water partition coefficient (Wildman–Crippen LogP) is 0.474. The van der Waals surface area contributed by atoms with Crippen LogP contribution in [0, 0.1) is 0 Å². The maximum atomic E-state index is 10.7. The molecule has 2 aromatic heterocycles. The number of aromatic amines is 1. The summed E-state index contributed by atoms with van der Waals surface area (Å²) in [5.41, 5.74) is 5.70. The number of fused-ring (bicyclic) bond motifs is 1. The molecule has 0 saturated carbocycles. The van der Waals surface area contributed by atoms with E-state index in [0.717, 1.165) is 5.39 Å². The van der Waals surface area contributed by atoms with Gasteiger partial charge in [0.05, 0.1) is 17.5 Å². The maximum absolute atomic E-state index is 10.7. The van der Waals surface area contributed by atoms with E-state index in [1.807, 2.05) is 0 Å². The summed E-state index contributed by atoms with van der Waals surface area (Å²) in [6, 6.07) is 0.953. The van der Waals surface area contributed by atoms with Crippen LogP contribution in [0.15, 0.2) is 12.3 Å². The van der Waals surface area contributed by atoms with Gasteiger partial charge in [0, 0.05) is 19.4 Å². The van der Waals surface area contributed by atoms with Crippen molar-refractivity contribution < 1.29 is 14.3 Å². The Bertz CT molecular complexity index is 553. The number of amides is 2. The fraction of sp³-hybridized carbons (Fsp3) is 0.300. The van der Waals surface area contributed by atoms with Crippen LogP contribution in [0.5, 0.6) is 5.88 Å². The topological polar surface area (TPSA) is 115 Å². The molecule has 8 heteroatoms. The number of urea groups is 1. The first-order valence-corrected chi connectivity index (χ1v) is 5.23. The largest absolute Gasteiger partial charge is 0.474 e. The highest BCUT2D eigenvalue weighted by Crippen LogP contribution is 2.23. The Balaban J connectivity index is 2.18. The maximum Gasteiger partial charge on any atom is 0.317 e. The van der Waals surface area contributed by atoms with E-state index in [2.05, 4.69) is 20.5 Å². The van der Waals surface area contributed by atoms with Gasteiger partial charge < -0.3 is 15.2 Å². The summed E-state index contributed by atoms with van der Waals surface area (Å²) in [6.07, 6.45) is 1.55. The first kappa shape index (κ1) is 12.1. The number of carbonyl (C=O) groups is 1. The van der Waals surface area contributed by atoms with Gasteiger partial charge in [0.25, 0.3) is 0 Å². The zero-order chi connectivity index (χ0) is 13.0. The first-order valence-electron chi connectivity index (χ1n) is 5.23.